The minimum absolute atomic E-state index is 0.0546. The number of carbonyl (C=O) groups excluding carboxylic acids is 3. The summed E-state index contributed by atoms with van der Waals surface area (Å²) >= 11 is 0. The maximum absolute atomic E-state index is 12.6. The molecule has 0 saturated carbocycles. The van der Waals surface area contributed by atoms with Crippen molar-refractivity contribution in [3.8, 4) is 0 Å². The lowest BCUT2D eigenvalue weighted by atomic mass is 9.97. The van der Waals surface area contributed by atoms with Crippen LogP contribution in [0.4, 0.5) is 0 Å². The molecule has 164 valence electrons. The van der Waals surface area contributed by atoms with Crippen LogP contribution in [-0.2, 0) is 14.3 Å². The number of hydrogen-bond donors (Lipinski definition) is 1. The zero-order valence-electron chi connectivity index (χ0n) is 18.1. The molecule has 1 heterocycles. The predicted molar refractivity (Wildman–Crippen MR) is 118 cm³/mol. The van der Waals surface area contributed by atoms with Gasteiger partial charge in [-0.25, -0.2) is 0 Å². The molecule has 2 amide bonds. The first kappa shape index (κ1) is 22.5. The summed E-state index contributed by atoms with van der Waals surface area (Å²) in [5, 5.41) is 2.91. The third-order valence-electron chi connectivity index (χ3n) is 5.75. The molecule has 1 saturated heterocycles. The van der Waals surface area contributed by atoms with E-state index in [9.17, 15) is 14.4 Å². The second-order valence-corrected chi connectivity index (χ2v) is 8.10. The first-order chi connectivity index (χ1) is 15.0. The quantitative estimate of drug-likeness (QED) is 0.687. The second-order valence-electron chi connectivity index (χ2n) is 8.10. The van der Waals surface area contributed by atoms with Gasteiger partial charge in [0.2, 0.25) is 0 Å². The molecule has 3 rings (SSSR count). The number of amides is 2. The van der Waals surface area contributed by atoms with E-state index in [0.717, 1.165) is 24.8 Å². The molecule has 0 radical (unpaired) electrons. The maximum Gasteiger partial charge on any atom is 0.308 e. The van der Waals surface area contributed by atoms with Gasteiger partial charge in [-0.15, -0.1) is 0 Å². The van der Waals surface area contributed by atoms with Gasteiger partial charge in [-0.2, -0.15) is 0 Å². The summed E-state index contributed by atoms with van der Waals surface area (Å²) in [5.74, 6) is -0.959. The van der Waals surface area contributed by atoms with Gasteiger partial charge in [0.15, 0.2) is 6.61 Å². The number of nitrogens with one attached hydrogen (secondary N) is 1. The molecule has 3 atom stereocenters. The normalized spacial score (nSPS) is 19.4. The van der Waals surface area contributed by atoms with Crippen molar-refractivity contribution in [2.24, 2.45) is 0 Å². The molecular formula is C25H30N2O4. The Hall–Kier alpha value is -3.15. The van der Waals surface area contributed by atoms with Gasteiger partial charge in [-0.1, -0.05) is 48.5 Å². The van der Waals surface area contributed by atoms with Crippen LogP contribution in [-0.4, -0.2) is 41.4 Å². The Labute approximate surface area is 183 Å². The van der Waals surface area contributed by atoms with Crippen LogP contribution < -0.4 is 5.32 Å². The summed E-state index contributed by atoms with van der Waals surface area (Å²) in [6.45, 7) is 3.78. The molecule has 1 fully saturated rings. The SMILES string of the molecule is C[C@@H]1CCC[C@@H](C)N1C(=O)COC(=O)C[C@H](NC(=O)c1ccccc1)c1ccccc1. The number of rotatable bonds is 7. The van der Waals surface area contributed by atoms with Crippen molar-refractivity contribution in [1.29, 1.82) is 0 Å². The molecule has 0 aliphatic carbocycles. The molecular weight excluding hydrogens is 392 g/mol. The largest absolute Gasteiger partial charge is 0.455 e. The van der Waals surface area contributed by atoms with Crippen LogP contribution in [0.3, 0.4) is 0 Å². The van der Waals surface area contributed by atoms with Crippen molar-refractivity contribution in [2.45, 2.75) is 57.7 Å². The van der Waals surface area contributed by atoms with E-state index in [-0.39, 0.29) is 36.9 Å². The molecule has 2 aromatic carbocycles. The smallest absolute Gasteiger partial charge is 0.308 e. The standard InChI is InChI=1S/C25H30N2O4/c1-18-10-9-11-19(2)27(18)23(28)17-31-24(29)16-22(20-12-5-3-6-13-20)26-25(30)21-14-7-4-8-15-21/h3-8,12-15,18-19,22H,9-11,16-17H2,1-2H3,(H,26,30)/t18-,19-,22+/m1/s1. The van der Waals surface area contributed by atoms with Crippen molar-refractivity contribution >= 4 is 17.8 Å². The average Bonchev–Trinajstić information content (AvgIpc) is 2.78. The number of ether oxygens (including phenoxy) is 1. The van der Waals surface area contributed by atoms with E-state index in [4.69, 9.17) is 4.74 Å². The van der Waals surface area contributed by atoms with E-state index >= 15 is 0 Å². The van der Waals surface area contributed by atoms with Gasteiger partial charge in [-0.3, -0.25) is 14.4 Å². The van der Waals surface area contributed by atoms with Gasteiger partial charge < -0.3 is 15.0 Å². The van der Waals surface area contributed by atoms with E-state index in [1.54, 1.807) is 24.3 Å². The van der Waals surface area contributed by atoms with Gasteiger partial charge in [0.1, 0.15) is 0 Å². The molecule has 0 spiro atoms. The Kier molecular flexibility index (Phi) is 7.82. The lowest BCUT2D eigenvalue weighted by Gasteiger charge is -2.38. The molecule has 6 nitrogen and oxygen atoms in total. The number of nitrogens with zero attached hydrogens (tertiary/aromatic N) is 1. The van der Waals surface area contributed by atoms with Gasteiger partial charge in [0, 0.05) is 17.6 Å². The Morgan fingerprint density at radius 3 is 2.16 bits per heavy atom. The summed E-state index contributed by atoms with van der Waals surface area (Å²) in [7, 11) is 0. The van der Waals surface area contributed by atoms with Crippen LogP contribution >= 0.6 is 0 Å². The first-order valence-electron chi connectivity index (χ1n) is 10.8. The number of hydrogen-bond acceptors (Lipinski definition) is 4. The van der Waals surface area contributed by atoms with Crippen molar-refractivity contribution in [3.63, 3.8) is 0 Å². The number of carbonyl (C=O) groups is 3. The predicted octanol–water partition coefficient (Wildman–Crippen LogP) is 3.88. The number of benzene rings is 2. The topological polar surface area (TPSA) is 75.7 Å². The lowest BCUT2D eigenvalue weighted by Crippen LogP contribution is -2.49. The van der Waals surface area contributed by atoms with Crippen molar-refractivity contribution in [1.82, 2.24) is 10.2 Å². The molecule has 0 unspecified atom stereocenters. The highest BCUT2D eigenvalue weighted by Crippen LogP contribution is 2.23. The molecule has 1 N–H and O–H groups in total. The summed E-state index contributed by atoms with van der Waals surface area (Å²) in [6.07, 6.45) is 2.98. The van der Waals surface area contributed by atoms with Gasteiger partial charge >= 0.3 is 5.97 Å². The van der Waals surface area contributed by atoms with Crippen LogP contribution in [0.15, 0.2) is 60.7 Å². The monoisotopic (exact) mass is 422 g/mol. The second kappa shape index (κ2) is 10.8. The van der Waals surface area contributed by atoms with E-state index in [2.05, 4.69) is 5.32 Å². The summed E-state index contributed by atoms with van der Waals surface area (Å²) in [4.78, 5) is 39.6. The zero-order chi connectivity index (χ0) is 22.2. The van der Waals surface area contributed by atoms with Crippen LogP contribution in [0, 0.1) is 0 Å². The van der Waals surface area contributed by atoms with Crippen LogP contribution in [0.25, 0.3) is 0 Å². The van der Waals surface area contributed by atoms with Gasteiger partial charge in [0.25, 0.3) is 11.8 Å². The molecule has 1 aliphatic heterocycles. The number of esters is 1. The Morgan fingerprint density at radius 1 is 0.968 bits per heavy atom. The minimum Gasteiger partial charge on any atom is -0.455 e. The highest BCUT2D eigenvalue weighted by atomic mass is 16.5. The van der Waals surface area contributed by atoms with Crippen LogP contribution in [0.1, 0.15) is 61.5 Å². The van der Waals surface area contributed by atoms with E-state index in [1.165, 1.54) is 0 Å². The Morgan fingerprint density at radius 2 is 1.55 bits per heavy atom. The molecule has 6 heteroatoms. The third-order valence-corrected chi connectivity index (χ3v) is 5.75. The fraction of sp³-hybridized carbons (Fsp3) is 0.400. The van der Waals surface area contributed by atoms with Gasteiger partial charge in [0.05, 0.1) is 12.5 Å². The molecule has 0 bridgehead atoms. The Bertz CT molecular complexity index is 875. The fourth-order valence-corrected chi connectivity index (χ4v) is 4.12. The minimum atomic E-state index is -0.552. The molecule has 2 aromatic rings. The average molecular weight is 423 g/mol. The van der Waals surface area contributed by atoms with Crippen LogP contribution in [0.2, 0.25) is 0 Å². The summed E-state index contributed by atoms with van der Waals surface area (Å²) in [6, 6.07) is 17.9. The molecule has 31 heavy (non-hydrogen) atoms. The molecule has 0 aromatic heterocycles. The summed E-state index contributed by atoms with van der Waals surface area (Å²) < 4.78 is 5.31. The third kappa shape index (κ3) is 6.17. The number of piperidine rings is 1. The zero-order valence-corrected chi connectivity index (χ0v) is 18.1. The van der Waals surface area contributed by atoms with Crippen molar-refractivity contribution in [2.75, 3.05) is 6.61 Å². The van der Waals surface area contributed by atoms with E-state index in [0.29, 0.717) is 5.56 Å². The van der Waals surface area contributed by atoms with Crippen molar-refractivity contribution < 1.29 is 19.1 Å². The Balaban J connectivity index is 1.62. The van der Waals surface area contributed by atoms with Gasteiger partial charge in [-0.05, 0) is 50.8 Å². The first-order valence-corrected chi connectivity index (χ1v) is 10.8. The van der Waals surface area contributed by atoms with E-state index in [1.807, 2.05) is 55.1 Å². The van der Waals surface area contributed by atoms with Crippen molar-refractivity contribution in [3.05, 3.63) is 71.8 Å². The maximum atomic E-state index is 12.6. The van der Waals surface area contributed by atoms with E-state index < -0.39 is 12.0 Å². The number of likely N-dealkylation sites (tertiary alicyclic amines) is 1. The fourth-order valence-electron chi connectivity index (χ4n) is 4.12. The highest BCUT2D eigenvalue weighted by molar-refractivity contribution is 5.94. The highest BCUT2D eigenvalue weighted by Gasteiger charge is 2.29. The molecule has 1 aliphatic rings. The summed E-state index contributed by atoms with van der Waals surface area (Å²) in [5.41, 5.74) is 1.31. The lowest BCUT2D eigenvalue weighted by molar-refractivity contribution is -0.155. The van der Waals surface area contributed by atoms with Crippen LogP contribution in [0.5, 0.6) is 0 Å².